The second kappa shape index (κ2) is 10.6. The smallest absolute Gasteiger partial charge is 0.243 e. The van der Waals surface area contributed by atoms with Gasteiger partial charge in [-0.15, -0.1) is 0 Å². The van der Waals surface area contributed by atoms with Gasteiger partial charge in [0.15, 0.2) is 0 Å². The van der Waals surface area contributed by atoms with Crippen molar-refractivity contribution in [1.82, 2.24) is 13.5 Å². The molecule has 2 heterocycles. The summed E-state index contributed by atoms with van der Waals surface area (Å²) in [6.45, 7) is 7.45. The lowest BCUT2D eigenvalue weighted by Gasteiger charge is -2.33. The quantitative estimate of drug-likeness (QED) is 0.597. The summed E-state index contributed by atoms with van der Waals surface area (Å²) in [5, 5.41) is 2.77. The molecule has 11 heteroatoms. The minimum atomic E-state index is -3.59. The first kappa shape index (κ1) is 25.1. The van der Waals surface area contributed by atoms with Crippen molar-refractivity contribution in [2.75, 3.05) is 50.3 Å². The Morgan fingerprint density at radius 3 is 2.22 bits per heavy atom. The predicted octanol–water partition coefficient (Wildman–Crippen LogP) is 1.55. The fourth-order valence-electron chi connectivity index (χ4n) is 4.25. The molecule has 0 aromatic heterocycles. The third kappa shape index (κ3) is 5.69. The average Bonchev–Trinajstić information content (AvgIpc) is 2.79. The Balaban J connectivity index is 1.68. The van der Waals surface area contributed by atoms with Crippen LogP contribution in [0.2, 0.25) is 0 Å². The van der Waals surface area contributed by atoms with Crippen LogP contribution in [0.25, 0.3) is 0 Å². The molecule has 1 aromatic rings. The van der Waals surface area contributed by atoms with Crippen molar-refractivity contribution in [3.8, 4) is 0 Å². The molecule has 1 amide bonds. The second-order valence-corrected chi connectivity index (χ2v) is 12.3. The Labute approximate surface area is 191 Å². The lowest BCUT2D eigenvalue weighted by molar-refractivity contribution is -0.120. The van der Waals surface area contributed by atoms with Crippen LogP contribution in [0.4, 0.5) is 5.69 Å². The van der Waals surface area contributed by atoms with E-state index in [0.717, 1.165) is 19.4 Å². The standard InChI is InChI=1S/C21H34N4O5S2/c1-3-17-31(27,28)25-12-6-5-7-20(25)21(26)22-18-8-10-19(11-9-18)32(29,30)24-15-13-23(4-2)14-16-24/h8-11,20H,3-7,12-17H2,1-2H3,(H,22,26). The number of carbonyl (C=O) groups is 1. The SMILES string of the molecule is CCCS(=O)(=O)N1CCCCC1C(=O)Nc1ccc(S(=O)(=O)N2CCN(CC)CC2)cc1. The number of nitrogens with one attached hydrogen (secondary N) is 1. The molecule has 1 atom stereocenters. The van der Waals surface area contributed by atoms with Gasteiger partial charge in [-0.05, 0) is 50.1 Å². The summed E-state index contributed by atoms with van der Waals surface area (Å²) < 4.78 is 53.8. The van der Waals surface area contributed by atoms with Crippen LogP contribution in [0.3, 0.4) is 0 Å². The van der Waals surface area contributed by atoms with Crippen LogP contribution in [0.15, 0.2) is 29.2 Å². The van der Waals surface area contributed by atoms with Gasteiger partial charge in [0.2, 0.25) is 26.0 Å². The summed E-state index contributed by atoms with van der Waals surface area (Å²) in [4.78, 5) is 15.3. The van der Waals surface area contributed by atoms with Crippen LogP contribution >= 0.6 is 0 Å². The molecular weight excluding hydrogens is 452 g/mol. The van der Waals surface area contributed by atoms with Crippen molar-refractivity contribution in [3.63, 3.8) is 0 Å². The number of piperidine rings is 1. The number of hydrogen-bond acceptors (Lipinski definition) is 6. The van der Waals surface area contributed by atoms with E-state index in [1.807, 2.05) is 0 Å². The Bertz CT molecular complexity index is 988. The molecule has 180 valence electrons. The van der Waals surface area contributed by atoms with E-state index >= 15 is 0 Å². The van der Waals surface area contributed by atoms with Gasteiger partial charge >= 0.3 is 0 Å². The number of rotatable bonds is 8. The number of piperazine rings is 1. The van der Waals surface area contributed by atoms with Crippen molar-refractivity contribution < 1.29 is 21.6 Å². The maximum Gasteiger partial charge on any atom is 0.243 e. The summed E-state index contributed by atoms with van der Waals surface area (Å²) in [7, 11) is -7.07. The van der Waals surface area contributed by atoms with E-state index in [2.05, 4.69) is 17.1 Å². The van der Waals surface area contributed by atoms with Crippen molar-refractivity contribution in [2.45, 2.75) is 50.5 Å². The molecule has 2 aliphatic heterocycles. The first-order chi connectivity index (χ1) is 15.2. The first-order valence-corrected chi connectivity index (χ1v) is 14.4. The molecule has 9 nitrogen and oxygen atoms in total. The highest BCUT2D eigenvalue weighted by Gasteiger charge is 2.36. The van der Waals surface area contributed by atoms with Gasteiger partial charge in [0, 0.05) is 38.4 Å². The number of amides is 1. The second-order valence-electron chi connectivity index (χ2n) is 8.29. The molecule has 0 aliphatic carbocycles. The Morgan fingerprint density at radius 2 is 1.62 bits per heavy atom. The number of sulfonamides is 2. The highest BCUT2D eigenvalue weighted by Crippen LogP contribution is 2.24. The molecule has 0 saturated carbocycles. The number of nitrogens with zero attached hydrogens (tertiary/aromatic N) is 3. The largest absolute Gasteiger partial charge is 0.325 e. The molecule has 2 aliphatic rings. The molecule has 1 aromatic carbocycles. The summed E-state index contributed by atoms with van der Waals surface area (Å²) in [5.74, 6) is -0.355. The highest BCUT2D eigenvalue weighted by molar-refractivity contribution is 7.89. The minimum Gasteiger partial charge on any atom is -0.325 e. The van der Waals surface area contributed by atoms with E-state index in [-0.39, 0.29) is 16.6 Å². The van der Waals surface area contributed by atoms with Crippen molar-refractivity contribution in [2.24, 2.45) is 0 Å². The fourth-order valence-corrected chi connectivity index (χ4v) is 7.41. The van der Waals surface area contributed by atoms with Crippen LogP contribution in [0.1, 0.15) is 39.5 Å². The van der Waals surface area contributed by atoms with E-state index in [9.17, 15) is 21.6 Å². The van der Waals surface area contributed by atoms with Gasteiger partial charge in [-0.3, -0.25) is 4.79 Å². The Hall–Kier alpha value is -1.53. The van der Waals surface area contributed by atoms with Crippen LogP contribution < -0.4 is 5.32 Å². The monoisotopic (exact) mass is 486 g/mol. The third-order valence-corrected chi connectivity index (χ3v) is 10.1. The molecule has 1 N–H and O–H groups in total. The molecule has 1 unspecified atom stereocenters. The van der Waals surface area contributed by atoms with E-state index in [0.29, 0.717) is 51.3 Å². The molecular formula is C21H34N4O5S2. The fraction of sp³-hybridized carbons (Fsp3) is 0.667. The topological polar surface area (TPSA) is 107 Å². The normalized spacial score (nSPS) is 22.0. The van der Waals surface area contributed by atoms with Gasteiger partial charge < -0.3 is 10.2 Å². The van der Waals surface area contributed by atoms with Gasteiger partial charge in [0.1, 0.15) is 6.04 Å². The average molecular weight is 487 g/mol. The Kier molecular flexibility index (Phi) is 8.31. The number of benzene rings is 1. The summed E-state index contributed by atoms with van der Waals surface area (Å²) in [5.41, 5.74) is 0.447. The van der Waals surface area contributed by atoms with E-state index in [1.54, 1.807) is 19.1 Å². The predicted molar refractivity (Wildman–Crippen MR) is 124 cm³/mol. The summed E-state index contributed by atoms with van der Waals surface area (Å²) in [6, 6.07) is 5.35. The van der Waals surface area contributed by atoms with Crippen LogP contribution in [0, 0.1) is 0 Å². The lowest BCUT2D eigenvalue weighted by atomic mass is 10.0. The number of likely N-dealkylation sites (N-methyl/N-ethyl adjacent to an activating group) is 1. The lowest BCUT2D eigenvalue weighted by Crippen LogP contribution is -2.50. The van der Waals surface area contributed by atoms with Crippen molar-refractivity contribution >= 4 is 31.6 Å². The molecule has 0 radical (unpaired) electrons. The molecule has 2 saturated heterocycles. The van der Waals surface area contributed by atoms with Gasteiger partial charge in [-0.25, -0.2) is 16.8 Å². The van der Waals surface area contributed by atoms with E-state index < -0.39 is 26.1 Å². The molecule has 0 bridgehead atoms. The maximum atomic E-state index is 12.9. The van der Waals surface area contributed by atoms with E-state index in [1.165, 1.54) is 20.7 Å². The molecule has 32 heavy (non-hydrogen) atoms. The Morgan fingerprint density at radius 1 is 0.969 bits per heavy atom. The highest BCUT2D eigenvalue weighted by atomic mass is 32.2. The molecule has 3 rings (SSSR count). The summed E-state index contributed by atoms with van der Waals surface area (Å²) in [6.07, 6.45) is 2.51. The van der Waals surface area contributed by atoms with Crippen LogP contribution in [-0.4, -0.2) is 87.3 Å². The van der Waals surface area contributed by atoms with E-state index in [4.69, 9.17) is 0 Å². The number of carbonyl (C=O) groups excluding carboxylic acids is 1. The third-order valence-electron chi connectivity index (χ3n) is 6.11. The van der Waals surface area contributed by atoms with Gasteiger partial charge in [-0.2, -0.15) is 8.61 Å². The zero-order valence-electron chi connectivity index (χ0n) is 18.9. The molecule has 2 fully saturated rings. The van der Waals surface area contributed by atoms with Gasteiger partial charge in [0.25, 0.3) is 0 Å². The first-order valence-electron chi connectivity index (χ1n) is 11.3. The molecule has 0 spiro atoms. The van der Waals surface area contributed by atoms with Gasteiger partial charge in [-0.1, -0.05) is 20.3 Å². The maximum absolute atomic E-state index is 12.9. The number of hydrogen-bond donors (Lipinski definition) is 1. The van der Waals surface area contributed by atoms with Crippen molar-refractivity contribution in [1.29, 1.82) is 0 Å². The van der Waals surface area contributed by atoms with Crippen LogP contribution in [0.5, 0.6) is 0 Å². The van der Waals surface area contributed by atoms with Gasteiger partial charge in [0.05, 0.1) is 10.6 Å². The minimum absolute atomic E-state index is 0.0237. The zero-order chi connectivity index (χ0) is 23.4. The number of anilines is 1. The van der Waals surface area contributed by atoms with Crippen LogP contribution in [-0.2, 0) is 24.8 Å². The summed E-state index contributed by atoms with van der Waals surface area (Å²) >= 11 is 0. The van der Waals surface area contributed by atoms with Crippen molar-refractivity contribution in [3.05, 3.63) is 24.3 Å². The zero-order valence-corrected chi connectivity index (χ0v) is 20.5.